The lowest BCUT2D eigenvalue weighted by Gasteiger charge is -2.32. The molecule has 2 heterocycles. The van der Waals surface area contributed by atoms with E-state index in [1.807, 2.05) is 12.4 Å². The zero-order chi connectivity index (χ0) is 12.1. The van der Waals surface area contributed by atoms with Gasteiger partial charge in [-0.25, -0.2) is 0 Å². The molecule has 0 bridgehead atoms. The van der Waals surface area contributed by atoms with E-state index in [1.165, 1.54) is 38.0 Å². The van der Waals surface area contributed by atoms with E-state index in [0.717, 1.165) is 6.54 Å². The molecule has 0 spiro atoms. The first kappa shape index (κ1) is 12.5. The fourth-order valence-electron chi connectivity index (χ4n) is 2.77. The van der Waals surface area contributed by atoms with E-state index in [-0.39, 0.29) is 0 Å². The van der Waals surface area contributed by atoms with E-state index in [1.54, 1.807) is 0 Å². The molecule has 1 atom stereocenters. The first-order valence-corrected chi connectivity index (χ1v) is 6.52. The molecule has 0 saturated carbocycles. The maximum atomic E-state index is 4.06. The van der Waals surface area contributed by atoms with Crippen LogP contribution < -0.4 is 5.32 Å². The molecule has 1 fully saturated rings. The predicted octanol–water partition coefficient (Wildman–Crippen LogP) is 1.90. The number of nitrogens with zero attached hydrogens (tertiary/aromatic N) is 2. The fourth-order valence-corrected chi connectivity index (χ4v) is 2.77. The smallest absolute Gasteiger partial charge is 0.0271 e. The summed E-state index contributed by atoms with van der Waals surface area (Å²) in [7, 11) is 2.22. The van der Waals surface area contributed by atoms with E-state index in [9.17, 15) is 0 Å². The molecule has 17 heavy (non-hydrogen) atoms. The molecule has 0 radical (unpaired) electrons. The monoisotopic (exact) mass is 233 g/mol. The highest BCUT2D eigenvalue weighted by atomic mass is 15.1. The van der Waals surface area contributed by atoms with Gasteiger partial charge in [-0.2, -0.15) is 0 Å². The van der Waals surface area contributed by atoms with Gasteiger partial charge in [0.2, 0.25) is 0 Å². The lowest BCUT2D eigenvalue weighted by molar-refractivity contribution is 0.179. The number of hydrogen-bond acceptors (Lipinski definition) is 3. The minimum absolute atomic E-state index is 0.488. The highest BCUT2D eigenvalue weighted by Gasteiger charge is 2.32. The summed E-state index contributed by atoms with van der Waals surface area (Å²) in [5.74, 6) is 0. The number of hydrogen-bond donors (Lipinski definition) is 1. The summed E-state index contributed by atoms with van der Waals surface area (Å²) < 4.78 is 0. The third kappa shape index (κ3) is 3.27. The van der Waals surface area contributed by atoms with Crippen LogP contribution >= 0.6 is 0 Å². The molecule has 1 saturated heterocycles. The number of nitrogens with one attached hydrogen (secondary N) is 1. The van der Waals surface area contributed by atoms with Crippen LogP contribution in [0.3, 0.4) is 0 Å². The van der Waals surface area contributed by atoms with Crippen LogP contribution in [0.1, 0.15) is 25.3 Å². The Labute approximate surface area is 104 Å². The summed E-state index contributed by atoms with van der Waals surface area (Å²) in [6.07, 6.45) is 6.32. The topological polar surface area (TPSA) is 28.2 Å². The third-order valence-corrected chi connectivity index (χ3v) is 3.89. The maximum absolute atomic E-state index is 4.06. The highest BCUT2D eigenvalue weighted by Crippen LogP contribution is 2.30. The standard InChI is InChI=1S/C14H23N3/c1-3-14(6-9-16-11-14)12-17(2)10-13-4-7-15-8-5-13/h4-5,7-8,16H,3,6,9-12H2,1-2H3. The molecule has 1 aliphatic rings. The molecule has 3 nitrogen and oxygen atoms in total. The minimum Gasteiger partial charge on any atom is -0.316 e. The summed E-state index contributed by atoms with van der Waals surface area (Å²) in [6, 6.07) is 4.20. The molecule has 0 aromatic carbocycles. The van der Waals surface area contributed by atoms with Gasteiger partial charge in [-0.15, -0.1) is 0 Å². The van der Waals surface area contributed by atoms with E-state index >= 15 is 0 Å². The van der Waals surface area contributed by atoms with Gasteiger partial charge in [-0.05, 0) is 49.5 Å². The molecule has 94 valence electrons. The zero-order valence-corrected chi connectivity index (χ0v) is 10.9. The molecule has 1 aliphatic heterocycles. The van der Waals surface area contributed by atoms with Crippen LogP contribution in [0, 0.1) is 5.41 Å². The van der Waals surface area contributed by atoms with Gasteiger partial charge < -0.3 is 10.2 Å². The average Bonchev–Trinajstić information content (AvgIpc) is 2.79. The number of pyridine rings is 1. The number of rotatable bonds is 5. The molecule has 1 aromatic rings. The lowest BCUT2D eigenvalue weighted by Crippen LogP contribution is -2.36. The van der Waals surface area contributed by atoms with Crippen molar-refractivity contribution in [3.8, 4) is 0 Å². The number of aromatic nitrogens is 1. The molecule has 2 rings (SSSR count). The predicted molar refractivity (Wildman–Crippen MR) is 70.8 cm³/mol. The zero-order valence-electron chi connectivity index (χ0n) is 10.9. The van der Waals surface area contributed by atoms with E-state index < -0.39 is 0 Å². The summed E-state index contributed by atoms with van der Waals surface area (Å²) in [4.78, 5) is 6.49. The molecule has 1 unspecified atom stereocenters. The van der Waals surface area contributed by atoms with Crippen LogP contribution in [0.15, 0.2) is 24.5 Å². The molecule has 1 aromatic heterocycles. The minimum atomic E-state index is 0.488. The highest BCUT2D eigenvalue weighted by molar-refractivity contribution is 5.09. The average molecular weight is 233 g/mol. The van der Waals surface area contributed by atoms with Crippen LogP contribution in [-0.4, -0.2) is 36.6 Å². The normalized spacial score (nSPS) is 24.4. The van der Waals surface area contributed by atoms with Crippen LogP contribution in [0.5, 0.6) is 0 Å². The SMILES string of the molecule is CCC1(CN(C)Cc2ccncc2)CCNC1. The Kier molecular flexibility index (Phi) is 4.13. The van der Waals surface area contributed by atoms with Crippen molar-refractivity contribution >= 4 is 0 Å². The first-order chi connectivity index (χ1) is 8.24. The largest absolute Gasteiger partial charge is 0.316 e. The van der Waals surface area contributed by atoms with Gasteiger partial charge >= 0.3 is 0 Å². The van der Waals surface area contributed by atoms with Crippen molar-refractivity contribution in [1.82, 2.24) is 15.2 Å². The Morgan fingerprint density at radius 2 is 2.18 bits per heavy atom. The van der Waals surface area contributed by atoms with Gasteiger partial charge in [0, 0.05) is 32.0 Å². The third-order valence-electron chi connectivity index (χ3n) is 3.89. The second kappa shape index (κ2) is 5.61. The van der Waals surface area contributed by atoms with Crippen molar-refractivity contribution in [3.05, 3.63) is 30.1 Å². The Morgan fingerprint density at radius 3 is 2.76 bits per heavy atom. The molecular formula is C14H23N3. The lowest BCUT2D eigenvalue weighted by atomic mass is 9.84. The second-order valence-corrected chi connectivity index (χ2v) is 5.31. The van der Waals surface area contributed by atoms with Gasteiger partial charge in [0.05, 0.1) is 0 Å². The van der Waals surface area contributed by atoms with Gasteiger partial charge in [0.1, 0.15) is 0 Å². The van der Waals surface area contributed by atoms with E-state index in [4.69, 9.17) is 0 Å². The second-order valence-electron chi connectivity index (χ2n) is 5.31. The Morgan fingerprint density at radius 1 is 1.41 bits per heavy atom. The quantitative estimate of drug-likeness (QED) is 0.842. The Bertz CT molecular complexity index is 331. The van der Waals surface area contributed by atoms with Gasteiger partial charge in [-0.3, -0.25) is 4.98 Å². The molecular weight excluding hydrogens is 210 g/mol. The van der Waals surface area contributed by atoms with Crippen molar-refractivity contribution in [2.75, 3.05) is 26.7 Å². The van der Waals surface area contributed by atoms with Crippen molar-refractivity contribution < 1.29 is 0 Å². The summed E-state index contributed by atoms with van der Waals surface area (Å²) in [6.45, 7) is 6.86. The van der Waals surface area contributed by atoms with Crippen LogP contribution in [0.2, 0.25) is 0 Å². The van der Waals surface area contributed by atoms with Crippen LogP contribution in [0.4, 0.5) is 0 Å². The first-order valence-electron chi connectivity index (χ1n) is 6.52. The molecule has 1 N–H and O–H groups in total. The summed E-state index contributed by atoms with van der Waals surface area (Å²) >= 11 is 0. The van der Waals surface area contributed by atoms with Crippen molar-refractivity contribution in [2.45, 2.75) is 26.3 Å². The maximum Gasteiger partial charge on any atom is 0.0271 e. The summed E-state index contributed by atoms with van der Waals surface area (Å²) in [5.41, 5.74) is 1.83. The van der Waals surface area contributed by atoms with E-state index in [0.29, 0.717) is 5.41 Å². The Balaban J connectivity index is 1.90. The van der Waals surface area contributed by atoms with Crippen molar-refractivity contribution in [1.29, 1.82) is 0 Å². The van der Waals surface area contributed by atoms with Gasteiger partial charge in [0.15, 0.2) is 0 Å². The fraction of sp³-hybridized carbons (Fsp3) is 0.643. The van der Waals surface area contributed by atoms with Crippen LogP contribution in [-0.2, 0) is 6.54 Å². The van der Waals surface area contributed by atoms with E-state index in [2.05, 4.69) is 41.3 Å². The summed E-state index contributed by atoms with van der Waals surface area (Å²) in [5, 5.41) is 3.50. The van der Waals surface area contributed by atoms with Gasteiger partial charge in [0.25, 0.3) is 0 Å². The molecule has 0 amide bonds. The Hall–Kier alpha value is -0.930. The molecule has 0 aliphatic carbocycles. The molecule has 3 heteroatoms. The van der Waals surface area contributed by atoms with Gasteiger partial charge in [-0.1, -0.05) is 6.92 Å². The van der Waals surface area contributed by atoms with Crippen LogP contribution in [0.25, 0.3) is 0 Å². The van der Waals surface area contributed by atoms with Crippen molar-refractivity contribution in [3.63, 3.8) is 0 Å². The van der Waals surface area contributed by atoms with Crippen molar-refractivity contribution in [2.24, 2.45) is 5.41 Å².